The largest absolute Gasteiger partial charge is 0.480 e. The maximum atomic E-state index is 11.1. The van der Waals surface area contributed by atoms with Gasteiger partial charge in [0.2, 0.25) is 0 Å². The van der Waals surface area contributed by atoms with Crippen molar-refractivity contribution < 1.29 is 19.4 Å². The van der Waals surface area contributed by atoms with Crippen LogP contribution in [0.15, 0.2) is 0 Å². The van der Waals surface area contributed by atoms with Gasteiger partial charge in [0.15, 0.2) is 0 Å². The molecule has 0 aromatic carbocycles. The van der Waals surface area contributed by atoms with E-state index in [1.807, 2.05) is 0 Å². The molecule has 1 saturated carbocycles. The first-order chi connectivity index (χ1) is 7.61. The number of rotatable bonds is 7. The SMILES string of the molecule is COCCOCCC1CCCC1(N)C(=O)O. The minimum atomic E-state index is -1.04. The number of carbonyl (C=O) groups is 1. The number of aliphatic carboxylic acids is 1. The molecule has 1 aliphatic carbocycles. The number of methoxy groups -OCH3 is 1. The third-order valence-corrected chi connectivity index (χ3v) is 3.31. The summed E-state index contributed by atoms with van der Waals surface area (Å²) in [7, 11) is 1.62. The van der Waals surface area contributed by atoms with Crippen LogP contribution in [-0.2, 0) is 14.3 Å². The average molecular weight is 231 g/mol. The summed E-state index contributed by atoms with van der Waals surface area (Å²) in [6.07, 6.45) is 3.07. The Morgan fingerprint density at radius 1 is 1.50 bits per heavy atom. The van der Waals surface area contributed by atoms with Gasteiger partial charge in [0, 0.05) is 13.7 Å². The molecule has 5 heteroatoms. The first-order valence-electron chi connectivity index (χ1n) is 5.70. The quantitative estimate of drug-likeness (QED) is 0.628. The highest BCUT2D eigenvalue weighted by atomic mass is 16.5. The lowest BCUT2D eigenvalue weighted by atomic mass is 9.86. The summed E-state index contributed by atoms with van der Waals surface area (Å²) in [5.41, 5.74) is 4.87. The zero-order chi connectivity index (χ0) is 12.0. The second-order valence-corrected chi connectivity index (χ2v) is 4.33. The number of nitrogens with two attached hydrogens (primary N) is 1. The van der Waals surface area contributed by atoms with Crippen molar-refractivity contribution in [3.63, 3.8) is 0 Å². The topological polar surface area (TPSA) is 81.8 Å². The Morgan fingerprint density at radius 2 is 2.25 bits per heavy atom. The van der Waals surface area contributed by atoms with Gasteiger partial charge in [0.1, 0.15) is 5.54 Å². The second-order valence-electron chi connectivity index (χ2n) is 4.33. The summed E-state index contributed by atoms with van der Waals surface area (Å²) >= 11 is 0. The van der Waals surface area contributed by atoms with Gasteiger partial charge in [-0.2, -0.15) is 0 Å². The van der Waals surface area contributed by atoms with Crippen molar-refractivity contribution >= 4 is 5.97 Å². The molecular weight excluding hydrogens is 210 g/mol. The average Bonchev–Trinajstić information content (AvgIpc) is 2.61. The molecule has 0 heterocycles. The van der Waals surface area contributed by atoms with Gasteiger partial charge in [-0.25, -0.2) is 0 Å². The molecule has 94 valence electrons. The van der Waals surface area contributed by atoms with Crippen molar-refractivity contribution in [2.24, 2.45) is 11.7 Å². The number of hydrogen-bond acceptors (Lipinski definition) is 4. The molecule has 0 spiro atoms. The van der Waals surface area contributed by atoms with Gasteiger partial charge >= 0.3 is 5.97 Å². The smallest absolute Gasteiger partial charge is 0.323 e. The molecule has 0 bridgehead atoms. The molecule has 5 nitrogen and oxygen atoms in total. The molecule has 0 aromatic rings. The van der Waals surface area contributed by atoms with Crippen molar-refractivity contribution in [3.05, 3.63) is 0 Å². The van der Waals surface area contributed by atoms with E-state index in [9.17, 15) is 4.79 Å². The van der Waals surface area contributed by atoms with E-state index >= 15 is 0 Å². The van der Waals surface area contributed by atoms with E-state index < -0.39 is 11.5 Å². The molecule has 0 saturated heterocycles. The molecule has 16 heavy (non-hydrogen) atoms. The predicted molar refractivity (Wildman–Crippen MR) is 59.2 cm³/mol. The van der Waals surface area contributed by atoms with E-state index in [0.29, 0.717) is 32.7 Å². The van der Waals surface area contributed by atoms with Gasteiger partial charge < -0.3 is 20.3 Å². The minimum Gasteiger partial charge on any atom is -0.480 e. The number of carboxylic acids is 1. The summed E-state index contributed by atoms with van der Waals surface area (Å²) < 4.78 is 10.2. The molecule has 1 aliphatic rings. The fourth-order valence-electron chi connectivity index (χ4n) is 2.26. The third-order valence-electron chi connectivity index (χ3n) is 3.31. The molecule has 0 amide bonds. The van der Waals surface area contributed by atoms with E-state index in [2.05, 4.69) is 0 Å². The Labute approximate surface area is 95.9 Å². The molecule has 0 aromatic heterocycles. The van der Waals surface area contributed by atoms with Gasteiger partial charge in [0.05, 0.1) is 13.2 Å². The van der Waals surface area contributed by atoms with Crippen LogP contribution in [0.5, 0.6) is 0 Å². The van der Waals surface area contributed by atoms with Crippen molar-refractivity contribution in [1.29, 1.82) is 0 Å². The van der Waals surface area contributed by atoms with E-state index in [1.54, 1.807) is 7.11 Å². The van der Waals surface area contributed by atoms with E-state index in [0.717, 1.165) is 12.8 Å². The lowest BCUT2D eigenvalue weighted by Crippen LogP contribution is -2.51. The molecule has 3 N–H and O–H groups in total. The van der Waals surface area contributed by atoms with Gasteiger partial charge in [-0.15, -0.1) is 0 Å². The van der Waals surface area contributed by atoms with Crippen molar-refractivity contribution in [1.82, 2.24) is 0 Å². The van der Waals surface area contributed by atoms with Crippen LogP contribution in [-0.4, -0.2) is 43.5 Å². The standard InChI is InChI=1S/C11H21NO4/c1-15-7-8-16-6-4-9-3-2-5-11(9,12)10(13)14/h9H,2-8,12H2,1H3,(H,13,14). The maximum Gasteiger partial charge on any atom is 0.323 e. The molecule has 1 rings (SSSR count). The highest BCUT2D eigenvalue weighted by Gasteiger charge is 2.45. The van der Waals surface area contributed by atoms with Crippen molar-refractivity contribution in [3.8, 4) is 0 Å². The summed E-state index contributed by atoms with van der Waals surface area (Å²) in [5.74, 6) is -0.848. The summed E-state index contributed by atoms with van der Waals surface area (Å²) in [4.78, 5) is 11.1. The molecule has 2 unspecified atom stereocenters. The van der Waals surface area contributed by atoms with Gasteiger partial charge in [-0.3, -0.25) is 4.79 Å². The first-order valence-corrected chi connectivity index (χ1v) is 5.70. The van der Waals surface area contributed by atoms with Gasteiger partial charge in [0.25, 0.3) is 0 Å². The maximum absolute atomic E-state index is 11.1. The highest BCUT2D eigenvalue weighted by Crippen LogP contribution is 2.36. The molecular formula is C11H21NO4. The van der Waals surface area contributed by atoms with Gasteiger partial charge in [-0.05, 0) is 25.2 Å². The van der Waals surface area contributed by atoms with Crippen LogP contribution >= 0.6 is 0 Å². The van der Waals surface area contributed by atoms with Crippen LogP contribution in [0.3, 0.4) is 0 Å². The van der Waals surface area contributed by atoms with Crippen LogP contribution in [0, 0.1) is 5.92 Å². The van der Waals surface area contributed by atoms with Crippen molar-refractivity contribution in [2.45, 2.75) is 31.2 Å². The summed E-state index contributed by atoms with van der Waals surface area (Å²) in [6.45, 7) is 1.67. The van der Waals surface area contributed by atoms with E-state index in [-0.39, 0.29) is 5.92 Å². The zero-order valence-corrected chi connectivity index (χ0v) is 9.78. The summed E-state index contributed by atoms with van der Waals surface area (Å²) in [6, 6.07) is 0. The fraction of sp³-hybridized carbons (Fsp3) is 0.909. The summed E-state index contributed by atoms with van der Waals surface area (Å²) in [5, 5.41) is 9.10. The second kappa shape index (κ2) is 6.18. The van der Waals surface area contributed by atoms with Crippen molar-refractivity contribution in [2.75, 3.05) is 26.9 Å². The number of hydrogen-bond donors (Lipinski definition) is 2. The lowest BCUT2D eigenvalue weighted by Gasteiger charge is -2.26. The van der Waals surface area contributed by atoms with Crippen LogP contribution < -0.4 is 5.73 Å². The van der Waals surface area contributed by atoms with Gasteiger partial charge in [-0.1, -0.05) is 6.42 Å². The molecule has 2 atom stereocenters. The Bertz CT molecular complexity index is 234. The van der Waals surface area contributed by atoms with E-state index in [1.165, 1.54) is 0 Å². The third kappa shape index (κ3) is 3.17. The highest BCUT2D eigenvalue weighted by molar-refractivity contribution is 5.79. The van der Waals surface area contributed by atoms with E-state index in [4.69, 9.17) is 20.3 Å². The monoisotopic (exact) mass is 231 g/mol. The number of ether oxygens (including phenoxy) is 2. The fourth-order valence-corrected chi connectivity index (χ4v) is 2.26. The Morgan fingerprint density at radius 3 is 2.88 bits per heavy atom. The molecule has 1 fully saturated rings. The Hall–Kier alpha value is -0.650. The van der Waals surface area contributed by atoms with Crippen LogP contribution in [0.2, 0.25) is 0 Å². The Kier molecular flexibility index (Phi) is 5.18. The zero-order valence-electron chi connectivity index (χ0n) is 9.78. The lowest BCUT2D eigenvalue weighted by molar-refractivity contribution is -0.145. The van der Waals surface area contributed by atoms with Crippen LogP contribution in [0.1, 0.15) is 25.7 Å². The minimum absolute atomic E-state index is 0.0348. The van der Waals surface area contributed by atoms with Crippen LogP contribution in [0.4, 0.5) is 0 Å². The van der Waals surface area contributed by atoms with Crippen LogP contribution in [0.25, 0.3) is 0 Å². The normalized spacial score (nSPS) is 29.5. The Balaban J connectivity index is 2.28. The molecule has 0 radical (unpaired) electrons. The predicted octanol–water partition coefficient (Wildman–Crippen LogP) is 0.622. The number of carboxylic acid groups (broad SMARTS) is 1. The molecule has 0 aliphatic heterocycles. The first kappa shape index (κ1) is 13.4.